The lowest BCUT2D eigenvalue weighted by atomic mass is 9.86. The van der Waals surface area contributed by atoms with E-state index in [2.05, 4.69) is 37.9 Å². The summed E-state index contributed by atoms with van der Waals surface area (Å²) < 4.78 is 5.19. The van der Waals surface area contributed by atoms with Crippen LogP contribution in [-0.4, -0.2) is 12.1 Å². The highest BCUT2D eigenvalue weighted by atomic mass is 16.5. The van der Waals surface area contributed by atoms with Gasteiger partial charge in [0.25, 0.3) is 0 Å². The number of anilines is 1. The number of methoxy groups -OCH3 is 1. The molecule has 1 aromatic carbocycles. The standard InChI is InChI=1S/C15H20N2O/c1-15(2,3)12-8-10-6-5-7-11(9-18-4)13(10)17-14(12)16/h5-8H,9H2,1-4H3,(H2,16,17). The van der Waals surface area contributed by atoms with Crippen molar-refractivity contribution < 1.29 is 4.74 Å². The maximum atomic E-state index is 6.09. The van der Waals surface area contributed by atoms with Crippen molar-refractivity contribution in [3.63, 3.8) is 0 Å². The molecule has 2 N–H and O–H groups in total. The Bertz CT molecular complexity index is 570. The summed E-state index contributed by atoms with van der Waals surface area (Å²) in [5.41, 5.74) is 9.18. The maximum absolute atomic E-state index is 6.09. The minimum atomic E-state index is 0.00251. The molecular formula is C15H20N2O. The first-order chi connectivity index (χ1) is 8.43. The maximum Gasteiger partial charge on any atom is 0.127 e. The summed E-state index contributed by atoms with van der Waals surface area (Å²) in [5.74, 6) is 0.610. The summed E-state index contributed by atoms with van der Waals surface area (Å²) in [7, 11) is 1.69. The number of fused-ring (bicyclic) bond motifs is 1. The van der Waals surface area contributed by atoms with Gasteiger partial charge in [-0.2, -0.15) is 0 Å². The van der Waals surface area contributed by atoms with Crippen molar-refractivity contribution in [1.82, 2.24) is 4.98 Å². The Kier molecular flexibility index (Phi) is 3.26. The van der Waals surface area contributed by atoms with E-state index in [1.54, 1.807) is 7.11 Å². The molecule has 0 aliphatic carbocycles. The molecule has 18 heavy (non-hydrogen) atoms. The molecule has 2 aromatic rings. The van der Waals surface area contributed by atoms with Crippen LogP contribution in [0.25, 0.3) is 10.9 Å². The van der Waals surface area contributed by atoms with E-state index in [0.717, 1.165) is 22.0 Å². The number of hydrogen-bond donors (Lipinski definition) is 1. The predicted octanol–water partition coefficient (Wildman–Crippen LogP) is 3.26. The number of para-hydroxylation sites is 1. The van der Waals surface area contributed by atoms with E-state index in [4.69, 9.17) is 10.5 Å². The molecule has 3 heteroatoms. The summed E-state index contributed by atoms with van der Waals surface area (Å²) in [5, 5.41) is 1.11. The number of benzene rings is 1. The van der Waals surface area contributed by atoms with Crippen LogP contribution in [0.2, 0.25) is 0 Å². The van der Waals surface area contributed by atoms with Crippen LogP contribution < -0.4 is 5.73 Å². The van der Waals surface area contributed by atoms with E-state index in [0.29, 0.717) is 12.4 Å². The van der Waals surface area contributed by atoms with Crippen molar-refractivity contribution in [1.29, 1.82) is 0 Å². The SMILES string of the molecule is COCc1cccc2cc(C(C)(C)C)c(N)nc12. The minimum Gasteiger partial charge on any atom is -0.383 e. The van der Waals surface area contributed by atoms with E-state index in [1.165, 1.54) is 0 Å². The lowest BCUT2D eigenvalue weighted by Gasteiger charge is -2.21. The molecule has 0 fully saturated rings. The van der Waals surface area contributed by atoms with Crippen molar-refractivity contribution >= 4 is 16.7 Å². The Hall–Kier alpha value is -1.61. The minimum absolute atomic E-state index is 0.00251. The van der Waals surface area contributed by atoms with Gasteiger partial charge in [0.05, 0.1) is 12.1 Å². The Morgan fingerprint density at radius 3 is 2.61 bits per heavy atom. The van der Waals surface area contributed by atoms with Gasteiger partial charge in [-0.05, 0) is 11.5 Å². The zero-order chi connectivity index (χ0) is 13.3. The molecule has 0 saturated carbocycles. The van der Waals surface area contributed by atoms with Gasteiger partial charge in [0, 0.05) is 23.6 Å². The van der Waals surface area contributed by atoms with Crippen LogP contribution in [0.3, 0.4) is 0 Å². The summed E-state index contributed by atoms with van der Waals surface area (Å²) in [6, 6.07) is 8.25. The topological polar surface area (TPSA) is 48.1 Å². The van der Waals surface area contributed by atoms with Gasteiger partial charge in [0.2, 0.25) is 0 Å². The molecule has 0 spiro atoms. The Morgan fingerprint density at radius 2 is 2.00 bits per heavy atom. The first-order valence-corrected chi connectivity index (χ1v) is 6.11. The molecule has 0 aliphatic heterocycles. The quantitative estimate of drug-likeness (QED) is 0.882. The lowest BCUT2D eigenvalue weighted by molar-refractivity contribution is 0.186. The van der Waals surface area contributed by atoms with Crippen LogP contribution in [0.15, 0.2) is 24.3 Å². The molecule has 1 heterocycles. The summed E-state index contributed by atoms with van der Waals surface area (Å²) in [6.07, 6.45) is 0. The summed E-state index contributed by atoms with van der Waals surface area (Å²) >= 11 is 0. The first-order valence-electron chi connectivity index (χ1n) is 6.11. The number of aromatic nitrogens is 1. The average molecular weight is 244 g/mol. The van der Waals surface area contributed by atoms with Crippen LogP contribution in [0.5, 0.6) is 0 Å². The third-order valence-electron chi connectivity index (χ3n) is 3.07. The molecule has 0 saturated heterocycles. The van der Waals surface area contributed by atoms with Gasteiger partial charge in [0.1, 0.15) is 5.82 Å². The van der Waals surface area contributed by atoms with Gasteiger partial charge >= 0.3 is 0 Å². The third-order valence-corrected chi connectivity index (χ3v) is 3.07. The molecule has 0 aliphatic rings. The highest BCUT2D eigenvalue weighted by Crippen LogP contribution is 2.30. The van der Waals surface area contributed by atoms with Crippen LogP contribution in [0.1, 0.15) is 31.9 Å². The highest BCUT2D eigenvalue weighted by Gasteiger charge is 2.19. The van der Waals surface area contributed by atoms with Crippen molar-refractivity contribution in [2.75, 3.05) is 12.8 Å². The monoisotopic (exact) mass is 244 g/mol. The molecular weight excluding hydrogens is 224 g/mol. The number of ether oxygens (including phenoxy) is 1. The van der Waals surface area contributed by atoms with Crippen LogP contribution in [-0.2, 0) is 16.8 Å². The van der Waals surface area contributed by atoms with Crippen molar-refractivity contribution in [2.24, 2.45) is 0 Å². The van der Waals surface area contributed by atoms with Gasteiger partial charge in [-0.15, -0.1) is 0 Å². The van der Waals surface area contributed by atoms with Crippen LogP contribution >= 0.6 is 0 Å². The first kappa shape index (κ1) is 12.8. The van der Waals surface area contributed by atoms with E-state index in [1.807, 2.05) is 12.1 Å². The van der Waals surface area contributed by atoms with Crippen molar-refractivity contribution in [3.05, 3.63) is 35.4 Å². The van der Waals surface area contributed by atoms with Gasteiger partial charge in [0.15, 0.2) is 0 Å². The van der Waals surface area contributed by atoms with Crippen LogP contribution in [0.4, 0.5) is 5.82 Å². The fraction of sp³-hybridized carbons (Fsp3) is 0.400. The number of nitrogens with zero attached hydrogens (tertiary/aromatic N) is 1. The fourth-order valence-corrected chi connectivity index (χ4v) is 2.15. The van der Waals surface area contributed by atoms with E-state index in [-0.39, 0.29) is 5.41 Å². The zero-order valence-corrected chi connectivity index (χ0v) is 11.4. The largest absolute Gasteiger partial charge is 0.383 e. The molecule has 0 atom stereocenters. The van der Waals surface area contributed by atoms with Gasteiger partial charge in [-0.1, -0.05) is 39.0 Å². The van der Waals surface area contributed by atoms with Crippen molar-refractivity contribution in [2.45, 2.75) is 32.8 Å². The zero-order valence-electron chi connectivity index (χ0n) is 11.4. The second-order valence-electron chi connectivity index (χ2n) is 5.59. The number of hydrogen-bond acceptors (Lipinski definition) is 3. The number of rotatable bonds is 2. The van der Waals surface area contributed by atoms with Gasteiger partial charge in [-0.3, -0.25) is 0 Å². The lowest BCUT2D eigenvalue weighted by Crippen LogP contribution is -2.15. The third kappa shape index (κ3) is 2.31. The smallest absolute Gasteiger partial charge is 0.127 e. The Labute approximate surface area is 108 Å². The van der Waals surface area contributed by atoms with Gasteiger partial charge < -0.3 is 10.5 Å². The molecule has 0 amide bonds. The number of nitrogens with two attached hydrogens (primary N) is 1. The van der Waals surface area contributed by atoms with Crippen LogP contribution in [0, 0.1) is 0 Å². The predicted molar refractivity (Wildman–Crippen MR) is 75.6 cm³/mol. The fourth-order valence-electron chi connectivity index (χ4n) is 2.15. The second-order valence-corrected chi connectivity index (χ2v) is 5.59. The molecule has 1 aromatic heterocycles. The summed E-state index contributed by atoms with van der Waals surface area (Å²) in [6.45, 7) is 6.99. The molecule has 96 valence electrons. The second kappa shape index (κ2) is 4.58. The molecule has 2 rings (SSSR count). The Balaban J connectivity index is 2.67. The highest BCUT2D eigenvalue weighted by molar-refractivity contribution is 5.84. The molecule has 0 unspecified atom stereocenters. The Morgan fingerprint density at radius 1 is 1.28 bits per heavy atom. The average Bonchev–Trinajstić information content (AvgIpc) is 2.28. The number of pyridine rings is 1. The number of nitrogen functional groups attached to an aromatic ring is 1. The molecule has 0 bridgehead atoms. The van der Waals surface area contributed by atoms with Gasteiger partial charge in [-0.25, -0.2) is 4.98 Å². The van der Waals surface area contributed by atoms with E-state index < -0.39 is 0 Å². The van der Waals surface area contributed by atoms with Crippen molar-refractivity contribution in [3.8, 4) is 0 Å². The normalized spacial score (nSPS) is 12.0. The van der Waals surface area contributed by atoms with E-state index >= 15 is 0 Å². The van der Waals surface area contributed by atoms with E-state index in [9.17, 15) is 0 Å². The molecule has 0 radical (unpaired) electrons. The molecule has 3 nitrogen and oxygen atoms in total. The summed E-state index contributed by atoms with van der Waals surface area (Å²) in [4.78, 5) is 4.56.